The fraction of sp³-hybridized carbons (Fsp3) is 0.500. The molecule has 1 heterocycles. The molecule has 1 unspecified atom stereocenters. The smallest absolute Gasteiger partial charge is 0.191 e. The molecule has 6 heteroatoms. The third-order valence-electron chi connectivity index (χ3n) is 4.53. The van der Waals surface area contributed by atoms with Crippen LogP contribution in [0.1, 0.15) is 37.5 Å². The Morgan fingerprint density at radius 1 is 1.04 bits per heavy atom. The number of guanidine groups is 1. The summed E-state index contributed by atoms with van der Waals surface area (Å²) >= 11 is 0. The molecule has 0 amide bonds. The summed E-state index contributed by atoms with van der Waals surface area (Å²) in [6.07, 6.45) is 6.49. The predicted octanol–water partition coefficient (Wildman–Crippen LogP) is 4.02. The molecule has 1 atom stereocenters. The highest BCUT2D eigenvalue weighted by Gasteiger charge is 2.08. The lowest BCUT2D eigenvalue weighted by molar-refractivity contribution is 0.253. The summed E-state index contributed by atoms with van der Waals surface area (Å²) in [4.78, 5) is 4.76. The molecule has 0 fully saturated rings. The molecular formula is C22H34IN3O2. The van der Waals surface area contributed by atoms with Gasteiger partial charge < -0.3 is 20.2 Å². The molecule has 1 aromatic heterocycles. The topological polar surface area (TPSA) is 69.8 Å². The SMILES string of the molecule is CCCC(CCO)CN=C(NCCc1ccccc1)NCCc1ccco1.I. The van der Waals surface area contributed by atoms with E-state index in [1.807, 2.05) is 18.2 Å². The fourth-order valence-corrected chi connectivity index (χ4v) is 3.04. The van der Waals surface area contributed by atoms with Gasteiger partial charge in [-0.15, -0.1) is 24.0 Å². The van der Waals surface area contributed by atoms with Crippen molar-refractivity contribution in [3.63, 3.8) is 0 Å². The highest BCUT2D eigenvalue weighted by Crippen LogP contribution is 2.11. The zero-order valence-electron chi connectivity index (χ0n) is 16.8. The summed E-state index contributed by atoms with van der Waals surface area (Å²) in [6, 6.07) is 14.3. The first-order valence-corrected chi connectivity index (χ1v) is 10.0. The highest BCUT2D eigenvalue weighted by molar-refractivity contribution is 14.0. The Bertz CT molecular complexity index is 626. The number of nitrogens with zero attached hydrogens (tertiary/aromatic N) is 1. The summed E-state index contributed by atoms with van der Waals surface area (Å²) in [7, 11) is 0. The third-order valence-corrected chi connectivity index (χ3v) is 4.53. The van der Waals surface area contributed by atoms with Crippen LogP contribution in [0.3, 0.4) is 0 Å². The van der Waals surface area contributed by atoms with E-state index in [1.165, 1.54) is 5.56 Å². The van der Waals surface area contributed by atoms with Gasteiger partial charge >= 0.3 is 0 Å². The maximum Gasteiger partial charge on any atom is 0.191 e. The molecule has 0 bridgehead atoms. The van der Waals surface area contributed by atoms with Crippen LogP contribution in [-0.4, -0.2) is 37.3 Å². The Hall–Kier alpha value is -1.54. The molecule has 3 N–H and O–H groups in total. The number of hydrogen-bond donors (Lipinski definition) is 3. The summed E-state index contributed by atoms with van der Waals surface area (Å²) in [5, 5.41) is 16.1. The highest BCUT2D eigenvalue weighted by atomic mass is 127. The van der Waals surface area contributed by atoms with Crippen molar-refractivity contribution in [3.8, 4) is 0 Å². The molecule has 1 aromatic carbocycles. The van der Waals surface area contributed by atoms with Crippen LogP contribution in [-0.2, 0) is 12.8 Å². The van der Waals surface area contributed by atoms with Gasteiger partial charge in [-0.05, 0) is 42.9 Å². The van der Waals surface area contributed by atoms with Crippen LogP contribution in [0.15, 0.2) is 58.1 Å². The van der Waals surface area contributed by atoms with Gasteiger partial charge in [-0.25, -0.2) is 0 Å². The van der Waals surface area contributed by atoms with Gasteiger partial charge in [0.2, 0.25) is 0 Å². The molecule has 0 spiro atoms. The molecule has 156 valence electrons. The monoisotopic (exact) mass is 499 g/mol. The van der Waals surface area contributed by atoms with E-state index >= 15 is 0 Å². The van der Waals surface area contributed by atoms with Crippen LogP contribution < -0.4 is 10.6 Å². The van der Waals surface area contributed by atoms with E-state index in [0.29, 0.717) is 5.92 Å². The molecule has 5 nitrogen and oxygen atoms in total. The van der Waals surface area contributed by atoms with Crippen molar-refractivity contribution in [1.29, 1.82) is 0 Å². The number of halogens is 1. The van der Waals surface area contributed by atoms with E-state index in [-0.39, 0.29) is 30.6 Å². The minimum atomic E-state index is 0. The van der Waals surface area contributed by atoms with E-state index in [4.69, 9.17) is 9.41 Å². The van der Waals surface area contributed by atoms with Crippen molar-refractivity contribution in [2.45, 2.75) is 39.0 Å². The molecule has 2 rings (SSSR count). The lowest BCUT2D eigenvalue weighted by Crippen LogP contribution is -2.39. The minimum Gasteiger partial charge on any atom is -0.469 e. The van der Waals surface area contributed by atoms with Crippen molar-refractivity contribution in [2.75, 3.05) is 26.2 Å². The number of nitrogens with one attached hydrogen (secondary N) is 2. The number of rotatable bonds is 12. The van der Waals surface area contributed by atoms with E-state index in [2.05, 4.69) is 41.8 Å². The van der Waals surface area contributed by atoms with Crippen molar-refractivity contribution >= 4 is 29.9 Å². The van der Waals surface area contributed by atoms with Crippen LogP contribution in [0.2, 0.25) is 0 Å². The number of aliphatic hydroxyl groups excluding tert-OH is 1. The Morgan fingerprint density at radius 3 is 2.43 bits per heavy atom. The van der Waals surface area contributed by atoms with Crippen molar-refractivity contribution in [1.82, 2.24) is 10.6 Å². The largest absolute Gasteiger partial charge is 0.469 e. The van der Waals surface area contributed by atoms with Gasteiger partial charge in [0.15, 0.2) is 5.96 Å². The second-order valence-corrected chi connectivity index (χ2v) is 6.77. The van der Waals surface area contributed by atoms with Gasteiger partial charge in [-0.1, -0.05) is 43.7 Å². The number of hydrogen-bond acceptors (Lipinski definition) is 3. The average Bonchev–Trinajstić information content (AvgIpc) is 3.20. The van der Waals surface area contributed by atoms with Crippen LogP contribution in [0.25, 0.3) is 0 Å². The molecule has 0 radical (unpaired) electrons. The third kappa shape index (κ3) is 10.1. The lowest BCUT2D eigenvalue weighted by atomic mass is 10.0. The predicted molar refractivity (Wildman–Crippen MR) is 126 cm³/mol. The number of aliphatic imine (C=N–C) groups is 1. The molecule has 0 aliphatic rings. The van der Waals surface area contributed by atoms with E-state index in [1.54, 1.807) is 6.26 Å². The summed E-state index contributed by atoms with van der Waals surface area (Å²) < 4.78 is 5.39. The van der Waals surface area contributed by atoms with Crippen molar-refractivity contribution < 1.29 is 9.52 Å². The first-order chi connectivity index (χ1) is 13.3. The van der Waals surface area contributed by atoms with Crippen LogP contribution in [0.4, 0.5) is 0 Å². The van der Waals surface area contributed by atoms with Crippen molar-refractivity contribution in [2.24, 2.45) is 10.9 Å². The second kappa shape index (κ2) is 15.4. The quantitative estimate of drug-likeness (QED) is 0.235. The summed E-state index contributed by atoms with van der Waals surface area (Å²) in [5.74, 6) is 2.23. The standard InChI is InChI=1S/C22H33N3O2.HI/c1-2-7-20(13-16-26)18-25-22(24-15-12-21-10-6-17-27-21)23-14-11-19-8-4-3-5-9-19;/h3-6,8-10,17,20,26H,2,7,11-16,18H2,1H3,(H2,23,24,25);1H. The van der Waals surface area contributed by atoms with Crippen LogP contribution >= 0.6 is 24.0 Å². The van der Waals surface area contributed by atoms with E-state index in [0.717, 1.165) is 63.5 Å². The molecule has 0 saturated carbocycles. The fourth-order valence-electron chi connectivity index (χ4n) is 3.04. The van der Waals surface area contributed by atoms with Gasteiger partial charge in [0, 0.05) is 32.7 Å². The average molecular weight is 499 g/mol. The van der Waals surface area contributed by atoms with Gasteiger partial charge in [0.1, 0.15) is 5.76 Å². The summed E-state index contributed by atoms with van der Waals surface area (Å²) in [6.45, 7) is 4.73. The number of benzene rings is 1. The van der Waals surface area contributed by atoms with Gasteiger partial charge in [0.25, 0.3) is 0 Å². The Balaban J connectivity index is 0.00000392. The molecule has 0 saturated heterocycles. The van der Waals surface area contributed by atoms with Crippen molar-refractivity contribution in [3.05, 3.63) is 60.1 Å². The molecule has 2 aromatic rings. The minimum absolute atomic E-state index is 0. The van der Waals surface area contributed by atoms with Crippen LogP contribution in [0.5, 0.6) is 0 Å². The number of aliphatic hydroxyl groups is 1. The Kier molecular flexibility index (Phi) is 13.5. The maximum atomic E-state index is 9.25. The van der Waals surface area contributed by atoms with E-state index < -0.39 is 0 Å². The molecule has 28 heavy (non-hydrogen) atoms. The molecular weight excluding hydrogens is 465 g/mol. The van der Waals surface area contributed by atoms with E-state index in [9.17, 15) is 5.11 Å². The zero-order valence-corrected chi connectivity index (χ0v) is 19.1. The summed E-state index contributed by atoms with van der Waals surface area (Å²) in [5.41, 5.74) is 1.31. The lowest BCUT2D eigenvalue weighted by Gasteiger charge is -2.16. The molecule has 0 aliphatic carbocycles. The van der Waals surface area contributed by atoms with Crippen LogP contribution in [0, 0.1) is 5.92 Å². The van der Waals surface area contributed by atoms with Gasteiger partial charge in [-0.2, -0.15) is 0 Å². The second-order valence-electron chi connectivity index (χ2n) is 6.77. The molecule has 0 aliphatic heterocycles. The number of furan rings is 1. The first kappa shape index (κ1) is 24.5. The first-order valence-electron chi connectivity index (χ1n) is 10.0. The zero-order chi connectivity index (χ0) is 19.2. The normalized spacial score (nSPS) is 12.3. The Labute approximate surface area is 186 Å². The Morgan fingerprint density at radius 2 is 1.79 bits per heavy atom. The van der Waals surface area contributed by atoms with Gasteiger partial charge in [0.05, 0.1) is 6.26 Å². The maximum absolute atomic E-state index is 9.25. The van der Waals surface area contributed by atoms with Gasteiger partial charge in [-0.3, -0.25) is 4.99 Å².